The number of anilines is 1. The first-order chi connectivity index (χ1) is 14.1. The largest absolute Gasteiger partial charge is 0.460 e. The van der Waals surface area contributed by atoms with Gasteiger partial charge in [0.15, 0.2) is 0 Å². The number of aromatic nitrogens is 1. The molecule has 2 rings (SSSR count). The fourth-order valence-corrected chi connectivity index (χ4v) is 3.03. The summed E-state index contributed by atoms with van der Waals surface area (Å²) < 4.78 is 10.0. The summed E-state index contributed by atoms with van der Waals surface area (Å²) in [5, 5.41) is 5.76. The first-order valence-electron chi connectivity index (χ1n) is 9.42. The minimum Gasteiger partial charge on any atom is -0.460 e. The molecule has 0 aliphatic heterocycles. The summed E-state index contributed by atoms with van der Waals surface area (Å²) in [5.74, 6) is -1.30. The van der Waals surface area contributed by atoms with E-state index in [0.29, 0.717) is 22.4 Å². The molecule has 0 saturated heterocycles. The van der Waals surface area contributed by atoms with Gasteiger partial charge in [-0.2, -0.15) is 0 Å². The molecular weight excluding hydrogens is 410 g/mol. The van der Waals surface area contributed by atoms with Crippen LogP contribution in [0.25, 0.3) is 0 Å². The number of carbonyl (C=O) groups excluding carboxylic acids is 3. The van der Waals surface area contributed by atoms with Crippen LogP contribution in [-0.4, -0.2) is 49.1 Å². The molecule has 30 heavy (non-hydrogen) atoms. The number of esters is 1. The molecule has 0 saturated carbocycles. The van der Waals surface area contributed by atoms with E-state index in [9.17, 15) is 14.4 Å². The highest BCUT2D eigenvalue weighted by Gasteiger charge is 2.23. The van der Waals surface area contributed by atoms with E-state index in [1.165, 1.54) is 19.2 Å². The number of benzene rings is 1. The Balaban J connectivity index is 2.23. The lowest BCUT2D eigenvalue weighted by Crippen LogP contribution is -2.30. The third-order valence-electron chi connectivity index (χ3n) is 4.29. The molecule has 0 atom stereocenters. The molecule has 1 heterocycles. The molecule has 2 amide bonds. The lowest BCUT2D eigenvalue weighted by Gasteiger charge is -2.11. The number of H-pyrrole nitrogens is 1. The lowest BCUT2D eigenvalue weighted by atomic mass is 10.1. The second kappa shape index (κ2) is 10.3. The monoisotopic (exact) mass is 435 g/mol. The number of ether oxygens (including phenoxy) is 2. The first kappa shape index (κ1) is 23.4. The SMILES string of the molecule is COCCOC(=O)c1c(C)[nH]c(C(=O)Nc2cc(C(=O)NC(C)C)ccc2Cl)c1C. The number of aryl methyl sites for hydroxylation is 1. The fourth-order valence-electron chi connectivity index (χ4n) is 2.87. The van der Waals surface area contributed by atoms with Gasteiger partial charge in [-0.1, -0.05) is 11.6 Å². The maximum atomic E-state index is 12.8. The van der Waals surface area contributed by atoms with E-state index < -0.39 is 11.9 Å². The van der Waals surface area contributed by atoms with E-state index in [2.05, 4.69) is 15.6 Å². The van der Waals surface area contributed by atoms with Crippen LogP contribution in [0.2, 0.25) is 5.02 Å². The average molecular weight is 436 g/mol. The van der Waals surface area contributed by atoms with Crippen molar-refractivity contribution in [3.8, 4) is 0 Å². The average Bonchev–Trinajstić information content (AvgIpc) is 2.97. The molecule has 1 aromatic heterocycles. The van der Waals surface area contributed by atoms with Crippen molar-refractivity contribution < 1.29 is 23.9 Å². The van der Waals surface area contributed by atoms with Gasteiger partial charge in [-0.05, 0) is 51.5 Å². The zero-order valence-electron chi connectivity index (χ0n) is 17.6. The predicted molar refractivity (Wildman–Crippen MR) is 114 cm³/mol. The summed E-state index contributed by atoms with van der Waals surface area (Å²) in [6.45, 7) is 7.43. The third kappa shape index (κ3) is 5.61. The van der Waals surface area contributed by atoms with E-state index in [0.717, 1.165) is 0 Å². The molecule has 3 N–H and O–H groups in total. The molecule has 9 heteroatoms. The number of rotatable bonds is 8. The quantitative estimate of drug-likeness (QED) is 0.434. The fraction of sp³-hybridized carbons (Fsp3) is 0.381. The maximum Gasteiger partial charge on any atom is 0.340 e. The van der Waals surface area contributed by atoms with Gasteiger partial charge < -0.3 is 25.1 Å². The standard InChI is InChI=1S/C21H26ClN3O5/c1-11(2)23-19(26)14-6-7-15(22)16(10-14)25-20(27)18-12(3)17(13(4)24-18)21(28)30-9-8-29-5/h6-7,10-11,24H,8-9H2,1-5H3,(H,23,26)(H,25,27). The molecule has 0 bridgehead atoms. The molecule has 0 spiro atoms. The van der Waals surface area contributed by atoms with Crippen molar-refractivity contribution in [2.24, 2.45) is 0 Å². The van der Waals surface area contributed by atoms with Gasteiger partial charge in [0.25, 0.3) is 11.8 Å². The molecule has 162 valence electrons. The molecule has 2 aromatic rings. The van der Waals surface area contributed by atoms with Gasteiger partial charge in [-0.3, -0.25) is 9.59 Å². The minimum atomic E-state index is -0.539. The Morgan fingerprint density at radius 3 is 2.47 bits per heavy atom. The van der Waals surface area contributed by atoms with Crippen molar-refractivity contribution in [2.75, 3.05) is 25.6 Å². The lowest BCUT2D eigenvalue weighted by molar-refractivity contribution is 0.0386. The van der Waals surface area contributed by atoms with E-state index in [1.807, 2.05) is 13.8 Å². The number of halogens is 1. The first-order valence-corrected chi connectivity index (χ1v) is 9.80. The van der Waals surface area contributed by atoms with Crippen molar-refractivity contribution >= 4 is 35.1 Å². The molecule has 0 fully saturated rings. The molecule has 0 unspecified atom stereocenters. The van der Waals surface area contributed by atoms with Crippen molar-refractivity contribution in [1.29, 1.82) is 0 Å². The van der Waals surface area contributed by atoms with E-state index in [4.69, 9.17) is 21.1 Å². The van der Waals surface area contributed by atoms with Crippen molar-refractivity contribution in [3.05, 3.63) is 51.3 Å². The van der Waals surface area contributed by atoms with Gasteiger partial charge in [0.2, 0.25) is 0 Å². The van der Waals surface area contributed by atoms with Crippen LogP contribution in [0.5, 0.6) is 0 Å². The summed E-state index contributed by atoms with van der Waals surface area (Å²) >= 11 is 6.19. The van der Waals surface area contributed by atoms with Gasteiger partial charge in [0.1, 0.15) is 12.3 Å². The van der Waals surface area contributed by atoms with Crippen LogP contribution in [-0.2, 0) is 9.47 Å². The highest BCUT2D eigenvalue weighted by molar-refractivity contribution is 6.34. The second-order valence-corrected chi connectivity index (χ2v) is 7.44. The van der Waals surface area contributed by atoms with Gasteiger partial charge in [-0.25, -0.2) is 4.79 Å². The maximum absolute atomic E-state index is 12.8. The normalized spacial score (nSPS) is 10.8. The number of methoxy groups -OCH3 is 1. The van der Waals surface area contributed by atoms with Crippen molar-refractivity contribution in [1.82, 2.24) is 10.3 Å². The van der Waals surface area contributed by atoms with Crippen LogP contribution < -0.4 is 10.6 Å². The van der Waals surface area contributed by atoms with E-state index >= 15 is 0 Å². The Hall–Kier alpha value is -2.84. The van der Waals surface area contributed by atoms with Crippen LogP contribution >= 0.6 is 11.6 Å². The van der Waals surface area contributed by atoms with Crippen LogP contribution in [0.15, 0.2) is 18.2 Å². The van der Waals surface area contributed by atoms with Gasteiger partial charge in [0, 0.05) is 24.4 Å². The Morgan fingerprint density at radius 1 is 1.13 bits per heavy atom. The summed E-state index contributed by atoms with van der Waals surface area (Å²) in [4.78, 5) is 40.3. The zero-order valence-corrected chi connectivity index (χ0v) is 18.4. The van der Waals surface area contributed by atoms with Gasteiger partial charge in [-0.15, -0.1) is 0 Å². The van der Waals surface area contributed by atoms with Gasteiger partial charge in [0.05, 0.1) is 22.9 Å². The molecule has 1 aromatic carbocycles. The minimum absolute atomic E-state index is 0.0298. The molecule has 0 radical (unpaired) electrons. The Bertz CT molecular complexity index is 952. The number of hydrogen-bond acceptors (Lipinski definition) is 5. The Labute approximate surface area is 180 Å². The number of aromatic amines is 1. The summed E-state index contributed by atoms with van der Waals surface area (Å²) in [6.07, 6.45) is 0. The predicted octanol–water partition coefficient (Wildman–Crippen LogP) is 3.48. The van der Waals surface area contributed by atoms with Crippen LogP contribution in [0, 0.1) is 13.8 Å². The van der Waals surface area contributed by atoms with Crippen LogP contribution in [0.4, 0.5) is 5.69 Å². The Morgan fingerprint density at radius 2 is 1.83 bits per heavy atom. The van der Waals surface area contributed by atoms with Crippen molar-refractivity contribution in [3.63, 3.8) is 0 Å². The second-order valence-electron chi connectivity index (χ2n) is 7.03. The highest BCUT2D eigenvalue weighted by Crippen LogP contribution is 2.25. The van der Waals surface area contributed by atoms with E-state index in [1.54, 1.807) is 19.9 Å². The topological polar surface area (TPSA) is 110 Å². The molecule has 8 nitrogen and oxygen atoms in total. The Kier molecular flexibility index (Phi) is 8.02. The smallest absolute Gasteiger partial charge is 0.340 e. The molecule has 0 aliphatic carbocycles. The number of nitrogens with one attached hydrogen (secondary N) is 3. The number of amides is 2. The molecular formula is C21H26ClN3O5. The highest BCUT2D eigenvalue weighted by atomic mass is 35.5. The summed E-state index contributed by atoms with van der Waals surface area (Å²) in [6, 6.07) is 4.59. The summed E-state index contributed by atoms with van der Waals surface area (Å²) in [5.41, 5.74) is 2.12. The van der Waals surface area contributed by atoms with Crippen LogP contribution in [0.3, 0.4) is 0 Å². The molecule has 0 aliphatic rings. The van der Waals surface area contributed by atoms with E-state index in [-0.39, 0.29) is 41.6 Å². The van der Waals surface area contributed by atoms with Gasteiger partial charge >= 0.3 is 5.97 Å². The van der Waals surface area contributed by atoms with Crippen LogP contribution in [0.1, 0.15) is 56.3 Å². The third-order valence-corrected chi connectivity index (χ3v) is 4.62. The number of carbonyl (C=O) groups is 3. The zero-order chi connectivity index (χ0) is 22.4. The van der Waals surface area contributed by atoms with Crippen molar-refractivity contribution in [2.45, 2.75) is 33.7 Å². The number of hydrogen-bond donors (Lipinski definition) is 3. The summed E-state index contributed by atoms with van der Waals surface area (Å²) in [7, 11) is 1.51.